The average Bonchev–Trinajstić information content (AvgIpc) is 2.65. The van der Waals surface area contributed by atoms with Crippen LogP contribution in [0, 0.1) is 5.82 Å². The Bertz CT molecular complexity index is 1100. The number of nitrogens with one attached hydrogen (secondary N) is 2. The molecule has 8 nitrogen and oxygen atoms in total. The number of hydrogen-bond donors (Lipinski definition) is 2. The van der Waals surface area contributed by atoms with Gasteiger partial charge in [-0.3, -0.25) is 14.4 Å². The summed E-state index contributed by atoms with van der Waals surface area (Å²) in [4.78, 5) is 34.5. The van der Waals surface area contributed by atoms with Crippen molar-refractivity contribution in [2.24, 2.45) is 0 Å². The van der Waals surface area contributed by atoms with E-state index in [1.165, 1.54) is 31.2 Å². The first-order chi connectivity index (χ1) is 14.5. The van der Waals surface area contributed by atoms with Crippen molar-refractivity contribution in [3.63, 3.8) is 0 Å². The zero-order valence-electron chi connectivity index (χ0n) is 16.1. The normalized spacial score (nSPS) is 11.1. The number of rotatable bonds is 9. The van der Waals surface area contributed by atoms with Crippen LogP contribution in [-0.2, 0) is 24.3 Å². The van der Waals surface area contributed by atoms with Crippen LogP contribution in [0.15, 0.2) is 41.3 Å². The summed E-state index contributed by atoms with van der Waals surface area (Å²) in [5, 5.41) is 2.20. The summed E-state index contributed by atoms with van der Waals surface area (Å²) in [5.41, 5.74) is -0.152. The highest BCUT2D eigenvalue weighted by Crippen LogP contribution is 2.28. The molecule has 2 rings (SSSR count). The second-order valence-corrected chi connectivity index (χ2v) is 8.68. The van der Waals surface area contributed by atoms with Crippen molar-refractivity contribution >= 4 is 56.6 Å². The van der Waals surface area contributed by atoms with Gasteiger partial charge >= 0.3 is 5.97 Å². The van der Waals surface area contributed by atoms with Gasteiger partial charge in [-0.2, -0.15) is 0 Å². The SMILES string of the molecule is CC(=O)Nc1ccc(C(=O)COC(=O)CCNS(=O)(=O)c2c(Cl)cccc2Cl)c(F)c1. The van der Waals surface area contributed by atoms with Gasteiger partial charge in [0.15, 0.2) is 6.61 Å². The number of carbonyl (C=O) groups is 3. The van der Waals surface area contributed by atoms with Crippen molar-refractivity contribution in [1.82, 2.24) is 4.72 Å². The highest BCUT2D eigenvalue weighted by Gasteiger charge is 2.22. The fourth-order valence-corrected chi connectivity index (χ4v) is 4.59. The maximum Gasteiger partial charge on any atom is 0.307 e. The molecule has 1 amide bonds. The number of halogens is 3. The summed E-state index contributed by atoms with van der Waals surface area (Å²) in [6.07, 6.45) is -0.390. The summed E-state index contributed by atoms with van der Waals surface area (Å²) in [6, 6.07) is 7.62. The van der Waals surface area contributed by atoms with E-state index in [1.54, 1.807) is 0 Å². The van der Waals surface area contributed by atoms with E-state index in [4.69, 9.17) is 27.9 Å². The Kier molecular flexibility index (Phi) is 8.52. The molecule has 0 saturated carbocycles. The Balaban J connectivity index is 1.87. The lowest BCUT2D eigenvalue weighted by Gasteiger charge is -2.10. The van der Waals surface area contributed by atoms with E-state index in [9.17, 15) is 27.2 Å². The molecular formula is C19H17Cl2FN2O6S. The van der Waals surface area contributed by atoms with Gasteiger partial charge in [0, 0.05) is 19.2 Å². The fraction of sp³-hybridized carbons (Fsp3) is 0.211. The molecule has 166 valence electrons. The molecule has 0 aliphatic carbocycles. The number of ketones is 1. The Morgan fingerprint density at radius 1 is 1.10 bits per heavy atom. The van der Waals surface area contributed by atoms with Gasteiger partial charge in [0.25, 0.3) is 0 Å². The van der Waals surface area contributed by atoms with Crippen LogP contribution >= 0.6 is 23.2 Å². The summed E-state index contributed by atoms with van der Waals surface area (Å²) in [6.45, 7) is 0.175. The molecule has 0 aliphatic rings. The van der Waals surface area contributed by atoms with Gasteiger partial charge in [-0.1, -0.05) is 29.3 Å². The minimum Gasteiger partial charge on any atom is -0.457 e. The molecule has 0 saturated heterocycles. The molecule has 0 spiro atoms. The zero-order chi connectivity index (χ0) is 23.2. The quantitative estimate of drug-likeness (QED) is 0.411. The minimum absolute atomic E-state index is 0.0836. The molecule has 2 aromatic rings. The Labute approximate surface area is 187 Å². The van der Waals surface area contributed by atoms with Crippen molar-refractivity contribution in [2.45, 2.75) is 18.2 Å². The number of esters is 1. The molecule has 31 heavy (non-hydrogen) atoms. The third-order valence-corrected chi connectivity index (χ3v) is 6.18. The van der Waals surface area contributed by atoms with Crippen LogP contribution in [0.2, 0.25) is 10.0 Å². The number of ether oxygens (including phenoxy) is 1. The molecule has 2 aromatic carbocycles. The summed E-state index contributed by atoms with van der Waals surface area (Å²) >= 11 is 11.7. The number of Topliss-reactive ketones (excluding diaryl/α,β-unsaturated/α-hetero) is 1. The monoisotopic (exact) mass is 490 g/mol. The van der Waals surface area contributed by atoms with Crippen LogP contribution in [-0.4, -0.2) is 39.2 Å². The van der Waals surface area contributed by atoms with E-state index < -0.39 is 46.5 Å². The van der Waals surface area contributed by atoms with Crippen molar-refractivity contribution < 1.29 is 31.9 Å². The second kappa shape index (κ2) is 10.7. The van der Waals surface area contributed by atoms with Crippen LogP contribution in [0.4, 0.5) is 10.1 Å². The standard InChI is InChI=1S/C19H17Cl2FN2O6S/c1-11(25)24-12-5-6-13(16(22)9-12)17(26)10-30-18(27)7-8-23-31(28,29)19-14(20)3-2-4-15(19)21/h2-6,9,23H,7-8,10H2,1H3,(H,24,25). The first-order valence-corrected chi connectivity index (χ1v) is 10.9. The highest BCUT2D eigenvalue weighted by molar-refractivity contribution is 7.89. The maximum atomic E-state index is 14.0. The average molecular weight is 491 g/mol. The molecule has 0 unspecified atom stereocenters. The molecule has 12 heteroatoms. The van der Waals surface area contributed by atoms with Gasteiger partial charge in [0.1, 0.15) is 10.7 Å². The van der Waals surface area contributed by atoms with Crippen molar-refractivity contribution in [2.75, 3.05) is 18.5 Å². The Morgan fingerprint density at radius 2 is 1.74 bits per heavy atom. The third kappa shape index (κ3) is 7.00. The largest absolute Gasteiger partial charge is 0.457 e. The van der Waals surface area contributed by atoms with Crippen LogP contribution < -0.4 is 10.0 Å². The molecule has 0 aliphatic heterocycles. The first kappa shape index (κ1) is 24.7. The summed E-state index contributed by atoms with van der Waals surface area (Å²) in [7, 11) is -4.08. The number of hydrogen-bond acceptors (Lipinski definition) is 6. The Morgan fingerprint density at radius 3 is 2.32 bits per heavy atom. The van der Waals surface area contributed by atoms with Crippen LogP contribution in [0.25, 0.3) is 0 Å². The lowest BCUT2D eigenvalue weighted by Crippen LogP contribution is -2.27. The second-order valence-electron chi connectivity index (χ2n) is 6.16. The van der Waals surface area contributed by atoms with E-state index in [1.807, 2.05) is 0 Å². The third-order valence-electron chi connectivity index (χ3n) is 3.76. The maximum absolute atomic E-state index is 14.0. The van der Waals surface area contributed by atoms with Gasteiger partial charge in [0.2, 0.25) is 21.7 Å². The zero-order valence-corrected chi connectivity index (χ0v) is 18.4. The first-order valence-electron chi connectivity index (χ1n) is 8.71. The number of amides is 1. The van der Waals surface area contributed by atoms with Gasteiger partial charge < -0.3 is 10.1 Å². The summed E-state index contributed by atoms with van der Waals surface area (Å²) in [5.74, 6) is -2.98. The van der Waals surface area contributed by atoms with E-state index in [-0.39, 0.29) is 32.7 Å². The summed E-state index contributed by atoms with van der Waals surface area (Å²) < 4.78 is 45.5. The van der Waals surface area contributed by atoms with Crippen molar-refractivity contribution in [1.29, 1.82) is 0 Å². The highest BCUT2D eigenvalue weighted by atomic mass is 35.5. The van der Waals surface area contributed by atoms with Crippen molar-refractivity contribution in [3.05, 3.63) is 57.8 Å². The molecule has 0 heterocycles. The van der Waals surface area contributed by atoms with Crippen LogP contribution in [0.3, 0.4) is 0 Å². The molecule has 0 bridgehead atoms. The minimum atomic E-state index is -4.08. The van der Waals surface area contributed by atoms with Crippen LogP contribution in [0.1, 0.15) is 23.7 Å². The smallest absolute Gasteiger partial charge is 0.307 e. The predicted octanol–water partition coefficient (Wildman–Crippen LogP) is 3.19. The lowest BCUT2D eigenvalue weighted by atomic mass is 10.1. The number of anilines is 1. The molecule has 0 radical (unpaired) electrons. The van der Waals surface area contributed by atoms with Gasteiger partial charge in [-0.25, -0.2) is 17.5 Å². The molecule has 2 N–H and O–H groups in total. The van der Waals surface area contributed by atoms with Gasteiger partial charge in [0.05, 0.1) is 22.0 Å². The topological polar surface area (TPSA) is 119 Å². The Hall–Kier alpha value is -2.53. The van der Waals surface area contributed by atoms with E-state index in [0.29, 0.717) is 0 Å². The fourth-order valence-electron chi connectivity index (χ4n) is 2.42. The molecular weight excluding hydrogens is 474 g/mol. The van der Waals surface area contributed by atoms with E-state index in [0.717, 1.165) is 12.1 Å². The van der Waals surface area contributed by atoms with E-state index in [2.05, 4.69) is 10.0 Å². The van der Waals surface area contributed by atoms with E-state index >= 15 is 0 Å². The number of benzene rings is 2. The van der Waals surface area contributed by atoms with Gasteiger partial charge in [-0.15, -0.1) is 0 Å². The lowest BCUT2D eigenvalue weighted by molar-refractivity contribution is -0.142. The van der Waals surface area contributed by atoms with Gasteiger partial charge in [-0.05, 0) is 30.3 Å². The molecule has 0 atom stereocenters. The molecule has 0 aromatic heterocycles. The number of carbonyl (C=O) groups excluding carboxylic acids is 3. The molecule has 0 fully saturated rings. The predicted molar refractivity (Wildman–Crippen MR) is 112 cm³/mol. The van der Waals surface area contributed by atoms with Crippen LogP contribution in [0.5, 0.6) is 0 Å². The number of sulfonamides is 1. The van der Waals surface area contributed by atoms with Crippen molar-refractivity contribution in [3.8, 4) is 0 Å².